The van der Waals surface area contributed by atoms with E-state index in [2.05, 4.69) is 4.98 Å². The van der Waals surface area contributed by atoms with Crippen molar-refractivity contribution in [3.8, 4) is 0 Å². The van der Waals surface area contributed by atoms with Crippen LogP contribution in [0.1, 0.15) is 25.3 Å². The lowest BCUT2D eigenvalue weighted by molar-refractivity contribution is -0.159. The second-order valence-corrected chi connectivity index (χ2v) is 6.23. The van der Waals surface area contributed by atoms with Crippen molar-refractivity contribution in [2.24, 2.45) is 0 Å². The number of hydrogen-bond acceptors (Lipinski definition) is 5. The standard InChI is InChI=1S/C18H20ClNO4/c1-12(23-10-14-5-3-9-22-14)18(21)24-11-15-16(19)7-6-13-4-2-8-20-17(13)15/h2,4,6-8,12,14H,3,5,9-11H2,1H3. The lowest BCUT2D eigenvalue weighted by Gasteiger charge is -2.16. The average molecular weight is 350 g/mol. The first-order valence-corrected chi connectivity index (χ1v) is 8.45. The normalized spacial score (nSPS) is 18.7. The van der Waals surface area contributed by atoms with Crippen molar-refractivity contribution < 1.29 is 19.0 Å². The van der Waals surface area contributed by atoms with E-state index in [0.29, 0.717) is 17.2 Å². The number of benzene rings is 1. The molecule has 1 aliphatic rings. The summed E-state index contributed by atoms with van der Waals surface area (Å²) >= 11 is 6.23. The number of nitrogens with zero attached hydrogens (tertiary/aromatic N) is 1. The Morgan fingerprint density at radius 2 is 2.33 bits per heavy atom. The van der Waals surface area contributed by atoms with Crippen molar-refractivity contribution in [2.45, 2.75) is 38.6 Å². The van der Waals surface area contributed by atoms with Crippen molar-refractivity contribution in [3.05, 3.63) is 41.0 Å². The van der Waals surface area contributed by atoms with E-state index in [4.69, 9.17) is 25.8 Å². The number of esters is 1. The average Bonchev–Trinajstić information content (AvgIpc) is 3.12. The molecule has 2 aromatic rings. The highest BCUT2D eigenvalue weighted by atomic mass is 35.5. The summed E-state index contributed by atoms with van der Waals surface area (Å²) in [6, 6.07) is 7.47. The number of carbonyl (C=O) groups is 1. The molecule has 0 aliphatic carbocycles. The minimum Gasteiger partial charge on any atom is -0.459 e. The third kappa shape index (κ3) is 4.04. The number of rotatable bonds is 6. The van der Waals surface area contributed by atoms with Gasteiger partial charge in [0.2, 0.25) is 0 Å². The number of carbonyl (C=O) groups excluding carboxylic acids is 1. The van der Waals surface area contributed by atoms with E-state index in [1.165, 1.54) is 0 Å². The Bertz CT molecular complexity index is 715. The van der Waals surface area contributed by atoms with Crippen LogP contribution >= 0.6 is 11.6 Å². The van der Waals surface area contributed by atoms with Crippen molar-refractivity contribution in [3.63, 3.8) is 0 Å². The number of halogens is 1. The summed E-state index contributed by atoms with van der Waals surface area (Å²) in [6.45, 7) is 2.92. The van der Waals surface area contributed by atoms with Crippen LogP contribution in [0.4, 0.5) is 0 Å². The highest BCUT2D eigenvalue weighted by Gasteiger charge is 2.21. The van der Waals surface area contributed by atoms with Gasteiger partial charge in [-0.1, -0.05) is 23.7 Å². The number of hydrogen-bond donors (Lipinski definition) is 0. The highest BCUT2D eigenvalue weighted by molar-refractivity contribution is 6.32. The number of ether oxygens (including phenoxy) is 3. The molecule has 1 fully saturated rings. The Hall–Kier alpha value is -1.69. The zero-order chi connectivity index (χ0) is 16.9. The smallest absolute Gasteiger partial charge is 0.335 e. The summed E-state index contributed by atoms with van der Waals surface area (Å²) in [5, 5.41) is 1.48. The van der Waals surface area contributed by atoms with E-state index in [0.717, 1.165) is 30.4 Å². The maximum atomic E-state index is 12.1. The Kier molecular flexibility index (Phi) is 5.66. The van der Waals surface area contributed by atoms with Crippen LogP contribution in [0.2, 0.25) is 5.02 Å². The van der Waals surface area contributed by atoms with Crippen LogP contribution in [0.5, 0.6) is 0 Å². The van der Waals surface area contributed by atoms with Gasteiger partial charge in [-0.05, 0) is 31.9 Å². The minimum atomic E-state index is -0.643. The van der Waals surface area contributed by atoms with Crippen LogP contribution in [0.3, 0.4) is 0 Å². The van der Waals surface area contributed by atoms with Crippen LogP contribution in [-0.2, 0) is 25.6 Å². The quantitative estimate of drug-likeness (QED) is 0.747. The lowest BCUT2D eigenvalue weighted by atomic mass is 10.1. The van der Waals surface area contributed by atoms with Gasteiger partial charge in [-0.3, -0.25) is 4.98 Å². The molecule has 0 bridgehead atoms. The molecule has 1 aliphatic heterocycles. The van der Waals surface area contributed by atoms with Crippen LogP contribution in [0.15, 0.2) is 30.5 Å². The van der Waals surface area contributed by atoms with Gasteiger partial charge in [0.1, 0.15) is 6.61 Å². The van der Waals surface area contributed by atoms with Gasteiger partial charge in [-0.25, -0.2) is 4.79 Å². The molecule has 3 rings (SSSR count). The summed E-state index contributed by atoms with van der Waals surface area (Å²) in [6.07, 6.45) is 3.14. The third-order valence-electron chi connectivity index (χ3n) is 4.07. The maximum Gasteiger partial charge on any atom is 0.335 e. The van der Waals surface area contributed by atoms with Gasteiger partial charge in [-0.2, -0.15) is 0 Å². The van der Waals surface area contributed by atoms with E-state index in [1.54, 1.807) is 19.2 Å². The van der Waals surface area contributed by atoms with Crippen LogP contribution in [-0.4, -0.2) is 36.4 Å². The summed E-state index contributed by atoms with van der Waals surface area (Å²) < 4.78 is 16.4. The van der Waals surface area contributed by atoms with Crippen molar-refractivity contribution in [2.75, 3.05) is 13.2 Å². The van der Waals surface area contributed by atoms with Crippen molar-refractivity contribution in [1.82, 2.24) is 4.98 Å². The summed E-state index contributed by atoms with van der Waals surface area (Å²) in [4.78, 5) is 16.4. The first kappa shape index (κ1) is 17.1. The molecule has 2 unspecified atom stereocenters. The fourth-order valence-corrected chi connectivity index (χ4v) is 2.88. The summed E-state index contributed by atoms with van der Waals surface area (Å²) in [5.74, 6) is -0.419. The molecule has 1 saturated heterocycles. The Balaban J connectivity index is 1.58. The van der Waals surface area contributed by atoms with Crippen molar-refractivity contribution >= 4 is 28.5 Å². The number of fused-ring (bicyclic) bond motifs is 1. The van der Waals surface area contributed by atoms with Crippen LogP contribution in [0, 0.1) is 0 Å². The molecule has 1 aromatic carbocycles. The molecule has 0 saturated carbocycles. The minimum absolute atomic E-state index is 0.0691. The molecule has 128 valence electrons. The fraction of sp³-hybridized carbons (Fsp3) is 0.444. The molecule has 2 heterocycles. The Labute approximate surface area is 145 Å². The lowest BCUT2D eigenvalue weighted by Crippen LogP contribution is -2.27. The van der Waals surface area contributed by atoms with Gasteiger partial charge >= 0.3 is 5.97 Å². The zero-order valence-corrected chi connectivity index (χ0v) is 14.3. The second kappa shape index (κ2) is 7.92. The van der Waals surface area contributed by atoms with E-state index >= 15 is 0 Å². The maximum absolute atomic E-state index is 12.1. The van der Waals surface area contributed by atoms with Gasteiger partial charge in [0.05, 0.1) is 18.2 Å². The van der Waals surface area contributed by atoms with Gasteiger partial charge in [0.15, 0.2) is 6.10 Å². The van der Waals surface area contributed by atoms with Crippen LogP contribution in [0.25, 0.3) is 10.9 Å². The first-order chi connectivity index (χ1) is 11.6. The fourth-order valence-electron chi connectivity index (χ4n) is 2.67. The SMILES string of the molecule is CC(OCC1CCCO1)C(=O)OCc1c(Cl)ccc2cccnc12. The van der Waals surface area contributed by atoms with E-state index < -0.39 is 12.1 Å². The number of pyridine rings is 1. The molecule has 0 N–H and O–H groups in total. The molecular weight excluding hydrogens is 330 g/mol. The predicted octanol–water partition coefficient (Wildman–Crippen LogP) is 3.52. The van der Waals surface area contributed by atoms with E-state index in [1.807, 2.05) is 18.2 Å². The summed E-state index contributed by atoms with van der Waals surface area (Å²) in [5.41, 5.74) is 1.44. The molecule has 0 radical (unpaired) electrons. The molecular formula is C18H20ClNO4. The summed E-state index contributed by atoms with van der Waals surface area (Å²) in [7, 11) is 0. The van der Waals surface area contributed by atoms with E-state index in [9.17, 15) is 4.79 Å². The topological polar surface area (TPSA) is 57.7 Å². The molecule has 0 amide bonds. The first-order valence-electron chi connectivity index (χ1n) is 8.07. The third-order valence-corrected chi connectivity index (χ3v) is 4.42. The Morgan fingerprint density at radius 1 is 1.46 bits per heavy atom. The molecule has 6 heteroatoms. The van der Waals surface area contributed by atoms with Gasteiger partial charge < -0.3 is 14.2 Å². The number of aromatic nitrogens is 1. The van der Waals surface area contributed by atoms with Crippen LogP contribution < -0.4 is 0 Å². The molecule has 0 spiro atoms. The monoisotopic (exact) mass is 349 g/mol. The van der Waals surface area contributed by atoms with Crippen molar-refractivity contribution in [1.29, 1.82) is 0 Å². The van der Waals surface area contributed by atoms with Gasteiger partial charge in [-0.15, -0.1) is 0 Å². The molecule has 1 aromatic heterocycles. The van der Waals surface area contributed by atoms with E-state index in [-0.39, 0.29) is 12.7 Å². The largest absolute Gasteiger partial charge is 0.459 e. The molecule has 24 heavy (non-hydrogen) atoms. The Morgan fingerprint density at radius 3 is 3.12 bits per heavy atom. The second-order valence-electron chi connectivity index (χ2n) is 5.82. The van der Waals surface area contributed by atoms with Gasteiger partial charge in [0.25, 0.3) is 0 Å². The molecule has 5 nitrogen and oxygen atoms in total. The highest BCUT2D eigenvalue weighted by Crippen LogP contribution is 2.25. The molecule has 2 atom stereocenters. The predicted molar refractivity (Wildman–Crippen MR) is 90.9 cm³/mol. The van der Waals surface area contributed by atoms with Gasteiger partial charge in [0, 0.05) is 28.8 Å². The zero-order valence-electron chi connectivity index (χ0n) is 13.5.